The van der Waals surface area contributed by atoms with Gasteiger partial charge < -0.3 is 19.7 Å². The maximum atomic E-state index is 12.6. The second-order valence-corrected chi connectivity index (χ2v) is 8.13. The highest BCUT2D eigenvalue weighted by molar-refractivity contribution is 7.99. The van der Waals surface area contributed by atoms with Crippen molar-refractivity contribution in [3.8, 4) is 0 Å². The summed E-state index contributed by atoms with van der Waals surface area (Å²) in [5.41, 5.74) is 0.398. The van der Waals surface area contributed by atoms with Crippen LogP contribution in [0.1, 0.15) is 33.3 Å². The first-order chi connectivity index (χ1) is 13.2. The highest BCUT2D eigenvalue weighted by atomic mass is 32.2. The van der Waals surface area contributed by atoms with E-state index in [1.54, 1.807) is 27.7 Å². The zero-order valence-corrected chi connectivity index (χ0v) is 17.8. The topological polar surface area (TPSA) is 84.9 Å². The summed E-state index contributed by atoms with van der Waals surface area (Å²) >= 11 is 1.39. The van der Waals surface area contributed by atoms with Gasteiger partial charge in [-0.3, -0.25) is 9.59 Å². The number of alkyl carbamates (subject to hydrolysis) is 1. The maximum absolute atomic E-state index is 12.6. The van der Waals surface area contributed by atoms with Crippen LogP contribution in [0.3, 0.4) is 0 Å². The first-order valence-electron chi connectivity index (χ1n) is 9.23. The van der Waals surface area contributed by atoms with E-state index in [1.807, 2.05) is 30.3 Å². The average molecular weight is 411 g/mol. The molecule has 0 unspecified atom stereocenters. The van der Waals surface area contributed by atoms with E-state index in [2.05, 4.69) is 5.32 Å². The van der Waals surface area contributed by atoms with Crippen LogP contribution in [0.15, 0.2) is 30.3 Å². The van der Waals surface area contributed by atoms with Crippen LogP contribution in [0, 0.1) is 0 Å². The number of carbonyl (C=O) groups is 3. The molecule has 0 aliphatic carbocycles. The highest BCUT2D eigenvalue weighted by Gasteiger charge is 2.19. The first kappa shape index (κ1) is 23.8. The molecule has 0 aliphatic rings. The van der Waals surface area contributed by atoms with Crippen molar-refractivity contribution in [1.82, 2.24) is 10.2 Å². The number of nitrogens with one attached hydrogen (secondary N) is 1. The Labute approximate surface area is 171 Å². The van der Waals surface area contributed by atoms with Gasteiger partial charge >= 0.3 is 12.1 Å². The molecule has 8 heteroatoms. The molecule has 2 amide bonds. The predicted molar refractivity (Wildman–Crippen MR) is 110 cm³/mol. The summed E-state index contributed by atoms with van der Waals surface area (Å²) in [5, 5.41) is 2.65. The number of benzene rings is 1. The van der Waals surface area contributed by atoms with Crippen molar-refractivity contribution < 1.29 is 23.9 Å². The average Bonchev–Trinajstić information content (AvgIpc) is 2.60. The molecule has 0 spiro atoms. The molecule has 28 heavy (non-hydrogen) atoms. The largest absolute Gasteiger partial charge is 0.465 e. The standard InChI is InChI=1S/C20H30N2O5S/c1-5-26-18(24)14-22(13-16-9-7-6-8-10-16)17(23)15-28-12-11-21-19(25)27-20(2,3)4/h6-10H,5,11-15H2,1-4H3,(H,21,25). The van der Waals surface area contributed by atoms with Crippen LogP contribution in [-0.4, -0.2) is 59.7 Å². The lowest BCUT2D eigenvalue weighted by atomic mass is 10.2. The highest BCUT2D eigenvalue weighted by Crippen LogP contribution is 2.09. The van der Waals surface area contributed by atoms with Gasteiger partial charge in [-0.15, -0.1) is 0 Å². The summed E-state index contributed by atoms with van der Waals surface area (Å²) in [6, 6.07) is 9.49. The molecular weight excluding hydrogens is 380 g/mol. The molecule has 1 aromatic carbocycles. The molecular formula is C20H30N2O5S. The summed E-state index contributed by atoms with van der Waals surface area (Å²) in [6.07, 6.45) is -0.479. The minimum atomic E-state index is -0.543. The molecule has 0 heterocycles. The Balaban J connectivity index is 2.45. The van der Waals surface area contributed by atoms with Gasteiger partial charge in [0.05, 0.1) is 12.4 Å². The van der Waals surface area contributed by atoms with E-state index >= 15 is 0 Å². The van der Waals surface area contributed by atoms with Crippen molar-refractivity contribution >= 4 is 29.7 Å². The third-order valence-corrected chi connectivity index (χ3v) is 4.28. The molecule has 0 bridgehead atoms. The number of nitrogens with zero attached hydrogens (tertiary/aromatic N) is 1. The smallest absolute Gasteiger partial charge is 0.407 e. The fourth-order valence-electron chi connectivity index (χ4n) is 2.19. The third kappa shape index (κ3) is 10.8. The summed E-state index contributed by atoms with van der Waals surface area (Å²) in [6.45, 7) is 8.05. The normalized spacial score (nSPS) is 10.9. The van der Waals surface area contributed by atoms with Crippen LogP contribution in [0.2, 0.25) is 0 Å². The SMILES string of the molecule is CCOC(=O)CN(Cc1ccccc1)C(=O)CSCCNC(=O)OC(C)(C)C. The lowest BCUT2D eigenvalue weighted by molar-refractivity contribution is -0.148. The number of carbonyl (C=O) groups excluding carboxylic acids is 3. The lowest BCUT2D eigenvalue weighted by Crippen LogP contribution is -2.37. The Bertz CT molecular complexity index is 631. The Morgan fingerprint density at radius 3 is 2.43 bits per heavy atom. The van der Waals surface area contributed by atoms with E-state index in [-0.39, 0.29) is 24.8 Å². The van der Waals surface area contributed by atoms with Gasteiger partial charge in [0.2, 0.25) is 5.91 Å². The first-order valence-corrected chi connectivity index (χ1v) is 10.4. The second-order valence-electron chi connectivity index (χ2n) is 7.02. The number of thioether (sulfide) groups is 1. The van der Waals surface area contributed by atoms with E-state index in [0.29, 0.717) is 18.8 Å². The van der Waals surface area contributed by atoms with E-state index in [0.717, 1.165) is 5.56 Å². The van der Waals surface area contributed by atoms with Crippen LogP contribution < -0.4 is 5.32 Å². The van der Waals surface area contributed by atoms with Crippen molar-refractivity contribution in [2.24, 2.45) is 0 Å². The molecule has 1 aromatic rings. The summed E-state index contributed by atoms with van der Waals surface area (Å²) in [4.78, 5) is 37.5. The van der Waals surface area contributed by atoms with Crippen molar-refractivity contribution in [3.63, 3.8) is 0 Å². The van der Waals surface area contributed by atoms with Gasteiger partial charge in [-0.25, -0.2) is 4.79 Å². The van der Waals surface area contributed by atoms with Crippen molar-refractivity contribution in [2.75, 3.05) is 31.2 Å². The molecule has 1 rings (SSSR count). The Hall–Kier alpha value is -2.22. The molecule has 0 saturated carbocycles. The molecule has 0 aromatic heterocycles. The van der Waals surface area contributed by atoms with Gasteiger partial charge in [0, 0.05) is 18.8 Å². The van der Waals surface area contributed by atoms with Gasteiger partial charge in [0.1, 0.15) is 12.1 Å². The number of ether oxygens (including phenoxy) is 2. The van der Waals surface area contributed by atoms with Crippen LogP contribution >= 0.6 is 11.8 Å². The van der Waals surface area contributed by atoms with Crippen molar-refractivity contribution in [1.29, 1.82) is 0 Å². The number of amides is 2. The zero-order valence-electron chi connectivity index (χ0n) is 17.0. The van der Waals surface area contributed by atoms with Gasteiger partial charge in [-0.1, -0.05) is 30.3 Å². The van der Waals surface area contributed by atoms with Crippen LogP contribution in [0.4, 0.5) is 4.79 Å². The Kier molecular flexibility index (Phi) is 10.4. The quantitative estimate of drug-likeness (QED) is 0.472. The van der Waals surface area contributed by atoms with Crippen LogP contribution in [-0.2, 0) is 25.6 Å². The minimum Gasteiger partial charge on any atom is -0.465 e. The van der Waals surface area contributed by atoms with E-state index < -0.39 is 17.7 Å². The molecule has 0 fully saturated rings. The number of hydrogen-bond acceptors (Lipinski definition) is 6. The fraction of sp³-hybridized carbons (Fsp3) is 0.550. The van der Waals surface area contributed by atoms with E-state index in [1.165, 1.54) is 16.7 Å². The molecule has 0 atom stereocenters. The van der Waals surface area contributed by atoms with E-state index in [4.69, 9.17) is 9.47 Å². The third-order valence-electron chi connectivity index (χ3n) is 3.33. The van der Waals surface area contributed by atoms with Gasteiger partial charge in [0.15, 0.2) is 0 Å². The minimum absolute atomic E-state index is 0.0850. The van der Waals surface area contributed by atoms with Gasteiger partial charge in [-0.05, 0) is 33.3 Å². The molecule has 0 radical (unpaired) electrons. The fourth-order valence-corrected chi connectivity index (χ4v) is 2.94. The van der Waals surface area contributed by atoms with Gasteiger partial charge in [0.25, 0.3) is 0 Å². The monoisotopic (exact) mass is 410 g/mol. The summed E-state index contributed by atoms with van der Waals surface area (Å²) in [5.74, 6) is 0.189. The number of rotatable bonds is 10. The number of hydrogen-bond donors (Lipinski definition) is 1. The molecule has 0 saturated heterocycles. The summed E-state index contributed by atoms with van der Waals surface area (Å²) in [7, 11) is 0. The predicted octanol–water partition coefficient (Wildman–Crippen LogP) is 2.84. The van der Waals surface area contributed by atoms with Gasteiger partial charge in [-0.2, -0.15) is 11.8 Å². The molecule has 0 aliphatic heterocycles. The second kappa shape index (κ2) is 12.3. The molecule has 156 valence electrons. The Morgan fingerprint density at radius 2 is 1.82 bits per heavy atom. The Morgan fingerprint density at radius 1 is 1.14 bits per heavy atom. The lowest BCUT2D eigenvalue weighted by Gasteiger charge is -2.22. The number of esters is 1. The van der Waals surface area contributed by atoms with Crippen molar-refractivity contribution in [2.45, 2.75) is 39.8 Å². The molecule has 7 nitrogen and oxygen atoms in total. The summed E-state index contributed by atoms with van der Waals surface area (Å²) < 4.78 is 10.1. The van der Waals surface area contributed by atoms with E-state index in [9.17, 15) is 14.4 Å². The van der Waals surface area contributed by atoms with Crippen LogP contribution in [0.5, 0.6) is 0 Å². The maximum Gasteiger partial charge on any atom is 0.407 e. The molecule has 1 N–H and O–H groups in total. The zero-order chi connectivity index (χ0) is 21.0. The van der Waals surface area contributed by atoms with Crippen LogP contribution in [0.25, 0.3) is 0 Å². The van der Waals surface area contributed by atoms with Crippen molar-refractivity contribution in [3.05, 3.63) is 35.9 Å².